The van der Waals surface area contributed by atoms with Gasteiger partial charge >= 0.3 is 5.97 Å². The highest BCUT2D eigenvalue weighted by molar-refractivity contribution is 6.30. The van der Waals surface area contributed by atoms with Crippen LogP contribution in [0.5, 0.6) is 5.75 Å². The Hall–Kier alpha value is -2.28. The Labute approximate surface area is 217 Å². The number of halogens is 1. The topological polar surface area (TPSA) is 79.2 Å². The van der Waals surface area contributed by atoms with Crippen LogP contribution in [-0.2, 0) is 16.6 Å². The Kier molecular flexibility index (Phi) is 6.39. The first kappa shape index (κ1) is 24.1. The van der Waals surface area contributed by atoms with Gasteiger partial charge in [-0.05, 0) is 98.2 Å². The van der Waals surface area contributed by atoms with Gasteiger partial charge in [-0.2, -0.15) is 0 Å². The Balaban J connectivity index is 1.34. The minimum absolute atomic E-state index is 0.104. The highest BCUT2D eigenvalue weighted by Crippen LogP contribution is 2.47. The largest absolute Gasteiger partial charge is 0.490 e. The van der Waals surface area contributed by atoms with Crippen LogP contribution < -0.4 is 9.64 Å². The van der Waals surface area contributed by atoms with E-state index in [1.165, 1.54) is 11.1 Å². The maximum Gasteiger partial charge on any atom is 0.335 e. The lowest BCUT2D eigenvalue weighted by Gasteiger charge is -2.47. The van der Waals surface area contributed by atoms with Crippen LogP contribution >= 0.6 is 11.6 Å². The van der Waals surface area contributed by atoms with Gasteiger partial charge in [0.15, 0.2) is 0 Å². The molecule has 2 N–H and O–H groups in total. The van der Waals surface area contributed by atoms with Gasteiger partial charge < -0.3 is 24.6 Å². The summed E-state index contributed by atoms with van der Waals surface area (Å²) in [5, 5.41) is 20.7. The molecule has 0 bridgehead atoms. The van der Waals surface area contributed by atoms with Crippen LogP contribution in [-0.4, -0.2) is 54.7 Å². The average Bonchev–Trinajstić information content (AvgIpc) is 2.99. The zero-order valence-electron chi connectivity index (χ0n) is 20.5. The van der Waals surface area contributed by atoms with Gasteiger partial charge in [0.2, 0.25) is 0 Å². The van der Waals surface area contributed by atoms with Crippen LogP contribution in [0.15, 0.2) is 36.4 Å². The summed E-state index contributed by atoms with van der Waals surface area (Å²) in [5.41, 5.74) is 3.55. The molecule has 36 heavy (non-hydrogen) atoms. The number of anilines is 1. The fourth-order valence-corrected chi connectivity index (χ4v) is 7.14. The lowest BCUT2D eigenvalue weighted by molar-refractivity contribution is -0.101. The van der Waals surface area contributed by atoms with Crippen molar-refractivity contribution in [2.45, 2.75) is 62.6 Å². The van der Waals surface area contributed by atoms with Crippen LogP contribution in [0.3, 0.4) is 0 Å². The van der Waals surface area contributed by atoms with E-state index in [0.717, 1.165) is 61.7 Å². The van der Waals surface area contributed by atoms with Gasteiger partial charge in [0, 0.05) is 30.1 Å². The smallest absolute Gasteiger partial charge is 0.335 e. The minimum atomic E-state index is -0.930. The number of aromatic carboxylic acids is 1. The van der Waals surface area contributed by atoms with E-state index in [1.54, 1.807) is 12.1 Å². The summed E-state index contributed by atoms with van der Waals surface area (Å²) in [5.74, 6) is 0.673. The number of rotatable bonds is 4. The molecule has 0 amide bonds. The quantitative estimate of drug-likeness (QED) is 0.596. The number of benzene rings is 2. The number of hydrogen-bond acceptors (Lipinski definition) is 5. The number of aliphatic hydroxyl groups excluding tert-OH is 1. The molecule has 1 unspecified atom stereocenters. The first-order valence-electron chi connectivity index (χ1n) is 13.3. The fraction of sp³-hybridized carbons (Fsp3) is 0.552. The van der Waals surface area contributed by atoms with E-state index in [-0.39, 0.29) is 23.2 Å². The summed E-state index contributed by atoms with van der Waals surface area (Å²) in [6, 6.07) is 11.5. The molecule has 1 saturated heterocycles. The molecule has 2 aliphatic heterocycles. The molecule has 4 aliphatic rings. The van der Waals surface area contributed by atoms with Crippen LogP contribution in [0, 0.1) is 11.8 Å². The lowest BCUT2D eigenvalue weighted by Crippen LogP contribution is -2.50. The third kappa shape index (κ3) is 4.37. The van der Waals surface area contributed by atoms with E-state index in [9.17, 15) is 15.0 Å². The second kappa shape index (κ2) is 9.55. The fourth-order valence-electron chi connectivity index (χ4n) is 6.95. The number of hydrogen-bond donors (Lipinski definition) is 2. The van der Waals surface area contributed by atoms with E-state index >= 15 is 0 Å². The summed E-state index contributed by atoms with van der Waals surface area (Å²) in [7, 11) is 0. The summed E-state index contributed by atoms with van der Waals surface area (Å²) >= 11 is 6.35. The maximum absolute atomic E-state index is 11.8. The molecule has 1 saturated carbocycles. The number of nitrogens with zero attached hydrogens (tertiary/aromatic N) is 1. The highest BCUT2D eigenvalue weighted by atomic mass is 35.5. The van der Waals surface area contributed by atoms with Crippen molar-refractivity contribution in [3.8, 4) is 5.75 Å². The van der Waals surface area contributed by atoms with Crippen molar-refractivity contribution in [3.63, 3.8) is 0 Å². The zero-order chi connectivity index (χ0) is 24.9. The summed E-state index contributed by atoms with van der Waals surface area (Å²) < 4.78 is 12.5. The van der Waals surface area contributed by atoms with Gasteiger partial charge in [-0.15, -0.1) is 0 Å². The monoisotopic (exact) mass is 511 g/mol. The normalized spacial score (nSPS) is 31.6. The molecular weight excluding hydrogens is 478 g/mol. The van der Waals surface area contributed by atoms with Gasteiger partial charge in [0.25, 0.3) is 0 Å². The highest BCUT2D eigenvalue weighted by Gasteiger charge is 2.45. The third-order valence-corrected chi connectivity index (χ3v) is 9.22. The van der Waals surface area contributed by atoms with E-state index < -0.39 is 5.97 Å². The Bertz CT molecular complexity index is 1150. The van der Waals surface area contributed by atoms with Crippen molar-refractivity contribution in [1.82, 2.24) is 0 Å². The Morgan fingerprint density at radius 3 is 2.83 bits per heavy atom. The van der Waals surface area contributed by atoms with Gasteiger partial charge in [0.05, 0.1) is 30.1 Å². The number of aliphatic hydroxyl groups is 1. The van der Waals surface area contributed by atoms with Crippen molar-refractivity contribution in [3.05, 3.63) is 58.1 Å². The van der Waals surface area contributed by atoms with Gasteiger partial charge in [-0.1, -0.05) is 17.7 Å². The molecule has 192 valence electrons. The molecular formula is C29H34ClNO5. The molecule has 6 nitrogen and oxygen atoms in total. The van der Waals surface area contributed by atoms with E-state index in [0.29, 0.717) is 37.9 Å². The van der Waals surface area contributed by atoms with E-state index in [1.807, 2.05) is 12.1 Å². The van der Waals surface area contributed by atoms with E-state index in [4.69, 9.17) is 21.1 Å². The predicted molar refractivity (Wildman–Crippen MR) is 138 cm³/mol. The first-order chi connectivity index (χ1) is 17.4. The number of carbonyl (C=O) groups is 1. The molecule has 7 heteroatoms. The molecule has 1 spiro atoms. The summed E-state index contributed by atoms with van der Waals surface area (Å²) in [6.45, 7) is 2.78. The Morgan fingerprint density at radius 2 is 2.06 bits per heavy atom. The molecule has 2 aromatic carbocycles. The molecule has 6 rings (SSSR count). The van der Waals surface area contributed by atoms with Crippen LogP contribution in [0.1, 0.15) is 60.0 Å². The molecule has 2 heterocycles. The van der Waals surface area contributed by atoms with Crippen molar-refractivity contribution < 1.29 is 24.5 Å². The molecule has 2 aromatic rings. The second-order valence-electron chi connectivity index (χ2n) is 11.2. The SMILES string of the molecule is O=C(O)c1ccc2c(c1)N(C[C@@H]1CC[C@H]1[C@@H]1C[C@@H](O)CCO1)CC1(CCCc3cc(Cl)ccc31)CO2. The molecule has 5 atom stereocenters. The number of carboxylic acids is 1. The second-order valence-corrected chi connectivity index (χ2v) is 11.6. The zero-order valence-corrected chi connectivity index (χ0v) is 21.3. The third-order valence-electron chi connectivity index (χ3n) is 8.98. The van der Waals surface area contributed by atoms with Gasteiger partial charge in [-0.3, -0.25) is 0 Å². The molecule has 0 radical (unpaired) electrons. The average molecular weight is 512 g/mol. The molecule has 2 aliphatic carbocycles. The van der Waals surface area contributed by atoms with Crippen molar-refractivity contribution >= 4 is 23.3 Å². The standard InChI is InChI=1S/C29H34ClNO5/c30-21-5-7-24-18(12-21)2-1-10-29(24)16-31(25-13-19(28(33)34)4-8-26(25)36-17-29)15-20-3-6-23(20)27-14-22(32)9-11-35-27/h4-5,7-8,12-13,20,22-23,27,32H,1-3,6,9-11,14-17H2,(H,33,34)/t20-,22-,23+,27-,29?/m0/s1. The van der Waals surface area contributed by atoms with Crippen molar-refractivity contribution in [1.29, 1.82) is 0 Å². The van der Waals surface area contributed by atoms with Crippen molar-refractivity contribution in [2.75, 3.05) is 31.2 Å². The van der Waals surface area contributed by atoms with E-state index in [2.05, 4.69) is 17.0 Å². The minimum Gasteiger partial charge on any atom is -0.490 e. The molecule has 0 aromatic heterocycles. The lowest BCUT2D eigenvalue weighted by atomic mass is 9.67. The van der Waals surface area contributed by atoms with Gasteiger partial charge in [-0.25, -0.2) is 4.79 Å². The van der Waals surface area contributed by atoms with Crippen LogP contribution in [0.25, 0.3) is 0 Å². The predicted octanol–water partition coefficient (Wildman–Crippen LogP) is 5.08. The maximum atomic E-state index is 11.8. The summed E-state index contributed by atoms with van der Waals surface area (Å²) in [4.78, 5) is 14.2. The van der Waals surface area contributed by atoms with Gasteiger partial charge in [0.1, 0.15) is 5.75 Å². The Morgan fingerprint density at radius 1 is 1.17 bits per heavy atom. The number of fused-ring (bicyclic) bond motifs is 3. The van der Waals surface area contributed by atoms with Crippen molar-refractivity contribution in [2.24, 2.45) is 11.8 Å². The first-order valence-corrected chi connectivity index (χ1v) is 13.6. The van der Waals surface area contributed by atoms with Crippen LogP contribution in [0.4, 0.5) is 5.69 Å². The number of carboxylic acid groups (broad SMARTS) is 1. The van der Waals surface area contributed by atoms with Crippen LogP contribution in [0.2, 0.25) is 5.02 Å². The number of aryl methyl sites for hydroxylation is 1. The molecule has 2 fully saturated rings. The number of ether oxygens (including phenoxy) is 2. The summed E-state index contributed by atoms with van der Waals surface area (Å²) in [6.07, 6.45) is 6.59.